The second kappa shape index (κ2) is 6.75. The van der Waals surface area contributed by atoms with Crippen LogP contribution < -0.4 is 10.3 Å². The number of nitrogens with zero attached hydrogens (tertiary/aromatic N) is 3. The molecule has 0 unspecified atom stereocenters. The Kier molecular flexibility index (Phi) is 4.38. The standard InChI is InChI=1S/C19H17N3O5S/c1-3-12-9-13-18(28-12)20-17-11(4-5-21(17)19(13)24)6-10-7-14(22(25)26)16(23)15(8-10)27-2/h6-9,23H,3-5H2,1-2H3/b11-6+. The molecule has 0 amide bonds. The molecule has 0 aliphatic carbocycles. The van der Waals surface area contributed by atoms with Gasteiger partial charge in [0.15, 0.2) is 5.75 Å². The molecule has 8 nitrogen and oxygen atoms in total. The lowest BCUT2D eigenvalue weighted by atomic mass is 10.1. The predicted molar refractivity (Wildman–Crippen MR) is 107 cm³/mol. The number of benzene rings is 1. The Labute approximate surface area is 163 Å². The van der Waals surface area contributed by atoms with Gasteiger partial charge in [-0.3, -0.25) is 19.5 Å². The van der Waals surface area contributed by atoms with Gasteiger partial charge in [0.1, 0.15) is 10.7 Å². The number of ether oxygens (including phenoxy) is 1. The maximum atomic E-state index is 12.8. The minimum atomic E-state index is -0.660. The molecule has 9 heteroatoms. The largest absolute Gasteiger partial charge is 0.500 e. The van der Waals surface area contributed by atoms with Crippen LogP contribution in [0.3, 0.4) is 0 Å². The summed E-state index contributed by atoms with van der Waals surface area (Å²) in [6, 6.07) is 4.71. The number of aromatic nitrogens is 2. The van der Waals surface area contributed by atoms with Crippen molar-refractivity contribution in [2.75, 3.05) is 7.11 Å². The lowest BCUT2D eigenvalue weighted by Gasteiger charge is -2.06. The van der Waals surface area contributed by atoms with Gasteiger partial charge in [0.25, 0.3) is 5.56 Å². The van der Waals surface area contributed by atoms with Gasteiger partial charge in [-0.25, -0.2) is 4.98 Å². The zero-order valence-corrected chi connectivity index (χ0v) is 16.1. The lowest BCUT2D eigenvalue weighted by molar-refractivity contribution is -0.386. The highest BCUT2D eigenvalue weighted by atomic mass is 32.1. The van der Waals surface area contributed by atoms with Crippen molar-refractivity contribution >= 4 is 38.9 Å². The number of rotatable bonds is 4. The Bertz CT molecular complexity index is 1210. The van der Waals surface area contributed by atoms with Gasteiger partial charge in [-0.15, -0.1) is 11.3 Å². The van der Waals surface area contributed by atoms with Crippen LogP contribution in [0.4, 0.5) is 5.69 Å². The highest BCUT2D eigenvalue weighted by molar-refractivity contribution is 7.18. The summed E-state index contributed by atoms with van der Waals surface area (Å²) < 4.78 is 6.69. The van der Waals surface area contributed by atoms with Crippen LogP contribution in [-0.2, 0) is 13.0 Å². The molecule has 28 heavy (non-hydrogen) atoms. The van der Waals surface area contributed by atoms with Gasteiger partial charge in [-0.2, -0.15) is 0 Å². The predicted octanol–water partition coefficient (Wildman–Crippen LogP) is 3.59. The van der Waals surface area contributed by atoms with E-state index >= 15 is 0 Å². The molecule has 1 aliphatic rings. The first-order chi connectivity index (χ1) is 13.4. The van der Waals surface area contributed by atoms with Crippen molar-refractivity contribution in [1.29, 1.82) is 0 Å². The van der Waals surface area contributed by atoms with Crippen molar-refractivity contribution in [2.24, 2.45) is 0 Å². The molecule has 1 N–H and O–H groups in total. The quantitative estimate of drug-likeness (QED) is 0.531. The summed E-state index contributed by atoms with van der Waals surface area (Å²) in [5, 5.41) is 21.8. The number of allylic oxidation sites excluding steroid dienone is 1. The number of methoxy groups -OCH3 is 1. The van der Waals surface area contributed by atoms with Crippen molar-refractivity contribution in [1.82, 2.24) is 9.55 Å². The van der Waals surface area contributed by atoms with Gasteiger partial charge in [-0.05, 0) is 42.2 Å². The first-order valence-corrected chi connectivity index (χ1v) is 9.54. The number of nitro benzene ring substituents is 1. The molecule has 0 radical (unpaired) electrons. The lowest BCUT2D eigenvalue weighted by Crippen LogP contribution is -2.19. The highest BCUT2D eigenvalue weighted by Gasteiger charge is 2.24. The van der Waals surface area contributed by atoms with Gasteiger partial charge in [0.05, 0.1) is 17.4 Å². The minimum Gasteiger partial charge on any atom is -0.500 e. The molecule has 0 bridgehead atoms. The molecular formula is C19H17N3O5S. The number of aryl methyl sites for hydroxylation is 1. The number of hydrogen-bond acceptors (Lipinski definition) is 7. The van der Waals surface area contributed by atoms with E-state index in [0.717, 1.165) is 16.9 Å². The van der Waals surface area contributed by atoms with Gasteiger partial charge in [0.2, 0.25) is 5.75 Å². The fraction of sp³-hybridized carbons (Fsp3) is 0.263. The number of phenolic OH excluding ortho intramolecular Hbond substituents is 1. The summed E-state index contributed by atoms with van der Waals surface area (Å²) >= 11 is 1.51. The van der Waals surface area contributed by atoms with Crippen LogP contribution >= 0.6 is 11.3 Å². The van der Waals surface area contributed by atoms with Crippen molar-refractivity contribution in [3.8, 4) is 11.5 Å². The Morgan fingerprint density at radius 1 is 1.43 bits per heavy atom. The second-order valence-electron chi connectivity index (χ2n) is 6.44. The maximum absolute atomic E-state index is 12.8. The first-order valence-electron chi connectivity index (χ1n) is 8.72. The molecule has 3 aromatic rings. The minimum absolute atomic E-state index is 0.0192. The van der Waals surface area contributed by atoms with Crippen LogP contribution in [0.1, 0.15) is 29.6 Å². The maximum Gasteiger partial charge on any atom is 0.315 e. The van der Waals surface area contributed by atoms with Crippen LogP contribution in [0.2, 0.25) is 0 Å². The summed E-state index contributed by atoms with van der Waals surface area (Å²) in [4.78, 5) is 29.8. The number of hydrogen-bond donors (Lipinski definition) is 1. The average Bonchev–Trinajstić information content (AvgIpc) is 3.27. The number of nitro groups is 1. The molecule has 0 saturated heterocycles. The molecule has 1 aliphatic heterocycles. The van der Waals surface area contributed by atoms with Crippen LogP contribution in [0, 0.1) is 10.1 Å². The fourth-order valence-electron chi connectivity index (χ4n) is 3.37. The molecule has 0 spiro atoms. The average molecular weight is 399 g/mol. The van der Waals surface area contributed by atoms with Gasteiger partial charge in [0, 0.05) is 17.5 Å². The number of phenols is 1. The molecule has 3 heterocycles. The Hall–Kier alpha value is -3.20. The third-order valence-electron chi connectivity index (χ3n) is 4.78. The summed E-state index contributed by atoms with van der Waals surface area (Å²) in [7, 11) is 1.33. The smallest absolute Gasteiger partial charge is 0.315 e. The Balaban J connectivity index is 1.86. The third kappa shape index (κ3) is 2.84. The van der Waals surface area contributed by atoms with Crippen molar-refractivity contribution in [2.45, 2.75) is 26.3 Å². The number of fused-ring (bicyclic) bond motifs is 2. The zero-order chi connectivity index (χ0) is 20.0. The summed E-state index contributed by atoms with van der Waals surface area (Å²) in [5.41, 5.74) is 0.816. The highest BCUT2D eigenvalue weighted by Crippen LogP contribution is 2.38. The van der Waals surface area contributed by atoms with Gasteiger partial charge < -0.3 is 9.84 Å². The van der Waals surface area contributed by atoms with E-state index < -0.39 is 16.4 Å². The fourth-order valence-corrected chi connectivity index (χ4v) is 4.32. The van der Waals surface area contributed by atoms with Crippen LogP contribution in [0.5, 0.6) is 11.5 Å². The normalized spacial score (nSPS) is 14.6. The molecule has 0 saturated carbocycles. The van der Waals surface area contributed by atoms with Crippen LogP contribution in [-0.4, -0.2) is 26.7 Å². The van der Waals surface area contributed by atoms with E-state index in [4.69, 9.17) is 4.74 Å². The van der Waals surface area contributed by atoms with E-state index in [0.29, 0.717) is 34.6 Å². The molecule has 144 valence electrons. The summed E-state index contributed by atoms with van der Waals surface area (Å²) in [6.45, 7) is 2.55. The van der Waals surface area contributed by atoms with Crippen molar-refractivity contribution in [3.63, 3.8) is 0 Å². The Morgan fingerprint density at radius 2 is 2.21 bits per heavy atom. The van der Waals surface area contributed by atoms with E-state index in [9.17, 15) is 20.0 Å². The SMILES string of the molecule is CCc1cc2c(=O)n3c(nc2s1)/C(=C/c1cc(OC)c(O)c([N+](=O)[O-])c1)CC3. The molecule has 0 atom stereocenters. The van der Waals surface area contributed by atoms with Crippen LogP contribution in [0.15, 0.2) is 23.0 Å². The first kappa shape index (κ1) is 18.2. The zero-order valence-electron chi connectivity index (χ0n) is 15.3. The molecule has 1 aromatic carbocycles. The van der Waals surface area contributed by atoms with Gasteiger partial charge >= 0.3 is 5.69 Å². The Morgan fingerprint density at radius 3 is 2.89 bits per heavy atom. The van der Waals surface area contributed by atoms with E-state index in [1.54, 1.807) is 10.6 Å². The van der Waals surface area contributed by atoms with Gasteiger partial charge in [-0.1, -0.05) is 6.92 Å². The monoisotopic (exact) mass is 399 g/mol. The van der Waals surface area contributed by atoms with Crippen molar-refractivity contribution < 1.29 is 14.8 Å². The molecule has 0 fully saturated rings. The second-order valence-corrected chi connectivity index (χ2v) is 7.56. The molecule has 4 rings (SSSR count). The number of thiophene rings is 1. The number of aromatic hydroxyl groups is 1. The molecular weight excluding hydrogens is 382 g/mol. The van der Waals surface area contributed by atoms with E-state index in [1.807, 2.05) is 13.0 Å². The van der Waals surface area contributed by atoms with E-state index in [2.05, 4.69) is 4.98 Å². The summed E-state index contributed by atoms with van der Waals surface area (Å²) in [6.07, 6.45) is 3.19. The van der Waals surface area contributed by atoms with Crippen LogP contribution in [0.25, 0.3) is 21.9 Å². The van der Waals surface area contributed by atoms with E-state index in [1.165, 1.54) is 30.6 Å². The summed E-state index contributed by atoms with van der Waals surface area (Å²) in [5.74, 6) is 0.0885. The molecule has 2 aromatic heterocycles. The topological polar surface area (TPSA) is 107 Å². The van der Waals surface area contributed by atoms with Crippen molar-refractivity contribution in [3.05, 3.63) is 54.9 Å². The van der Waals surface area contributed by atoms with E-state index in [-0.39, 0.29) is 11.3 Å². The third-order valence-corrected chi connectivity index (χ3v) is 5.95.